The molecular weight excluding hydrogens is 416 g/mol. The van der Waals surface area contributed by atoms with Crippen LogP contribution < -0.4 is 9.80 Å². The molecule has 3 aromatic carbocycles. The highest BCUT2D eigenvalue weighted by atomic mass is 16.2. The van der Waals surface area contributed by atoms with E-state index in [0.717, 1.165) is 30.6 Å². The zero-order valence-electron chi connectivity index (χ0n) is 20.4. The Labute approximate surface area is 203 Å². The van der Waals surface area contributed by atoms with Crippen molar-refractivity contribution in [3.05, 3.63) is 94.6 Å². The van der Waals surface area contributed by atoms with Gasteiger partial charge in [0.2, 0.25) is 0 Å². The van der Waals surface area contributed by atoms with Gasteiger partial charge in [-0.1, -0.05) is 54.1 Å². The minimum atomic E-state index is 0.0980. The lowest BCUT2D eigenvalue weighted by molar-refractivity contribution is -0.918. The van der Waals surface area contributed by atoms with E-state index in [0.29, 0.717) is 0 Å². The number of likely N-dealkylation sites (N-methyl/N-ethyl adjacent to an activating group) is 1. The van der Waals surface area contributed by atoms with Gasteiger partial charge in [-0.15, -0.1) is 0 Å². The van der Waals surface area contributed by atoms with E-state index in [1.165, 1.54) is 65.7 Å². The third kappa shape index (κ3) is 5.00. The Morgan fingerprint density at radius 2 is 1.56 bits per heavy atom. The molecule has 2 aliphatic rings. The van der Waals surface area contributed by atoms with Crippen LogP contribution in [0, 0.1) is 6.92 Å². The van der Waals surface area contributed by atoms with Crippen molar-refractivity contribution in [2.24, 2.45) is 0 Å². The molecule has 0 saturated carbocycles. The van der Waals surface area contributed by atoms with Crippen LogP contribution in [0.2, 0.25) is 0 Å². The summed E-state index contributed by atoms with van der Waals surface area (Å²) in [7, 11) is 1.90. The van der Waals surface area contributed by atoms with Gasteiger partial charge in [0.1, 0.15) is 6.54 Å². The van der Waals surface area contributed by atoms with Crippen LogP contribution in [0.1, 0.15) is 47.9 Å². The van der Waals surface area contributed by atoms with Gasteiger partial charge in [-0.2, -0.15) is 0 Å². The largest absolute Gasteiger partial charge is 0.331 e. The first-order chi connectivity index (χ1) is 16.6. The molecule has 3 aromatic rings. The Morgan fingerprint density at radius 1 is 0.853 bits per heavy atom. The highest BCUT2D eigenvalue weighted by molar-refractivity contribution is 6.08. The number of nitrogens with zero attached hydrogens (tertiary/aromatic N) is 1. The van der Waals surface area contributed by atoms with Crippen molar-refractivity contribution in [2.75, 3.05) is 25.0 Å². The standard InChI is InChI=1S/C31H34N2O/c1-23-6-10-25(11-7-23)27-14-12-26-13-15-28(21-29(26)20-27)31(34)32(2)30-16-8-24(9-17-30)22-33-18-4-3-5-19-33/h6-12,14,16-17,20-21H,3-5,13,15,18-19,22H2,1-2H3/p+1. The van der Waals surface area contributed by atoms with Crippen LogP contribution in [-0.4, -0.2) is 26.0 Å². The topological polar surface area (TPSA) is 24.8 Å². The molecule has 0 radical (unpaired) electrons. The Balaban J connectivity index is 1.30. The number of nitrogens with one attached hydrogen (secondary N) is 1. The molecular formula is C31H35N2O+. The van der Waals surface area contributed by atoms with Gasteiger partial charge < -0.3 is 9.80 Å². The molecule has 1 fully saturated rings. The van der Waals surface area contributed by atoms with E-state index in [4.69, 9.17) is 0 Å². The summed E-state index contributed by atoms with van der Waals surface area (Å²) in [5.41, 5.74) is 9.36. The summed E-state index contributed by atoms with van der Waals surface area (Å²) in [5, 5.41) is 0. The molecule has 1 heterocycles. The minimum absolute atomic E-state index is 0.0980. The van der Waals surface area contributed by atoms with Crippen molar-refractivity contribution >= 4 is 17.7 Å². The number of carbonyl (C=O) groups is 1. The number of benzene rings is 3. The van der Waals surface area contributed by atoms with E-state index < -0.39 is 0 Å². The second-order valence-electron chi connectivity index (χ2n) is 9.97. The molecule has 0 bridgehead atoms. The van der Waals surface area contributed by atoms with Gasteiger partial charge in [-0.05, 0) is 85.6 Å². The number of fused-ring (bicyclic) bond motifs is 1. The molecule has 5 rings (SSSR count). The van der Waals surface area contributed by atoms with Crippen molar-refractivity contribution in [2.45, 2.75) is 45.6 Å². The maximum absolute atomic E-state index is 13.4. The van der Waals surface area contributed by atoms with Crippen LogP contribution in [0.15, 0.2) is 72.3 Å². The van der Waals surface area contributed by atoms with E-state index in [9.17, 15) is 4.79 Å². The summed E-state index contributed by atoms with van der Waals surface area (Å²) in [4.78, 5) is 16.8. The SMILES string of the molecule is Cc1ccc(-c2ccc3c(c2)C=C(C(=O)N(C)c2ccc(C[NH+]4CCCCC4)cc2)CC3)cc1. The highest BCUT2D eigenvalue weighted by Crippen LogP contribution is 2.30. The number of quaternary nitrogens is 1. The first-order valence-electron chi connectivity index (χ1n) is 12.7. The highest BCUT2D eigenvalue weighted by Gasteiger charge is 2.21. The number of hydrogen-bond acceptors (Lipinski definition) is 1. The van der Waals surface area contributed by atoms with Gasteiger partial charge in [0, 0.05) is 23.9 Å². The summed E-state index contributed by atoms with van der Waals surface area (Å²) >= 11 is 0. The maximum Gasteiger partial charge on any atom is 0.253 e. The number of hydrogen-bond donors (Lipinski definition) is 1. The van der Waals surface area contributed by atoms with Crippen molar-refractivity contribution < 1.29 is 9.69 Å². The molecule has 3 heteroatoms. The van der Waals surface area contributed by atoms with Crippen LogP contribution in [-0.2, 0) is 17.8 Å². The Bertz CT molecular complexity index is 1190. The number of piperidine rings is 1. The second kappa shape index (κ2) is 9.99. The summed E-state index contributed by atoms with van der Waals surface area (Å²) in [6.07, 6.45) is 7.86. The number of rotatable bonds is 5. The molecule has 0 unspecified atom stereocenters. The van der Waals surface area contributed by atoms with Crippen LogP contribution in [0.5, 0.6) is 0 Å². The van der Waals surface area contributed by atoms with Gasteiger partial charge in [0.05, 0.1) is 13.1 Å². The summed E-state index contributed by atoms with van der Waals surface area (Å²) in [6.45, 7) is 5.75. The van der Waals surface area contributed by atoms with Crippen LogP contribution in [0.4, 0.5) is 5.69 Å². The van der Waals surface area contributed by atoms with Crippen molar-refractivity contribution in [1.82, 2.24) is 0 Å². The smallest absolute Gasteiger partial charge is 0.253 e. The fourth-order valence-electron chi connectivity index (χ4n) is 5.27. The normalized spacial score (nSPS) is 16.0. The fourth-order valence-corrected chi connectivity index (χ4v) is 5.27. The number of anilines is 1. The van der Waals surface area contributed by atoms with Gasteiger partial charge in [0.25, 0.3) is 5.91 Å². The molecule has 1 saturated heterocycles. The lowest BCUT2D eigenvalue weighted by atomic mass is 9.89. The van der Waals surface area contributed by atoms with Crippen LogP contribution >= 0.6 is 0 Å². The molecule has 0 atom stereocenters. The molecule has 0 aromatic heterocycles. The number of carbonyl (C=O) groups excluding carboxylic acids is 1. The number of amides is 1. The van der Waals surface area contributed by atoms with Crippen molar-refractivity contribution in [1.29, 1.82) is 0 Å². The molecule has 1 N–H and O–H groups in total. The molecule has 174 valence electrons. The second-order valence-corrected chi connectivity index (χ2v) is 9.97. The molecule has 34 heavy (non-hydrogen) atoms. The predicted molar refractivity (Wildman–Crippen MR) is 141 cm³/mol. The summed E-state index contributed by atoms with van der Waals surface area (Å²) in [5.74, 6) is 0.0980. The van der Waals surface area contributed by atoms with Crippen LogP contribution in [0.3, 0.4) is 0 Å². The summed E-state index contributed by atoms with van der Waals surface area (Å²) in [6, 6.07) is 23.9. The van der Waals surface area contributed by atoms with E-state index >= 15 is 0 Å². The Morgan fingerprint density at radius 3 is 2.29 bits per heavy atom. The lowest BCUT2D eigenvalue weighted by Crippen LogP contribution is -3.11. The predicted octanol–water partition coefficient (Wildman–Crippen LogP) is 5.22. The average molecular weight is 452 g/mol. The third-order valence-corrected chi connectivity index (χ3v) is 7.44. The fraction of sp³-hybridized carbons (Fsp3) is 0.323. The first kappa shape index (κ1) is 22.6. The Hall–Kier alpha value is -3.17. The van der Waals surface area contributed by atoms with Gasteiger partial charge >= 0.3 is 0 Å². The zero-order valence-corrected chi connectivity index (χ0v) is 20.4. The zero-order chi connectivity index (χ0) is 23.5. The van der Waals surface area contributed by atoms with Gasteiger partial charge in [-0.3, -0.25) is 4.79 Å². The molecule has 0 spiro atoms. The van der Waals surface area contributed by atoms with E-state index in [-0.39, 0.29) is 5.91 Å². The van der Waals surface area contributed by atoms with Crippen LogP contribution in [0.25, 0.3) is 17.2 Å². The molecule has 1 aliphatic carbocycles. The third-order valence-electron chi connectivity index (χ3n) is 7.44. The molecule has 3 nitrogen and oxygen atoms in total. The summed E-state index contributed by atoms with van der Waals surface area (Å²) < 4.78 is 0. The van der Waals surface area contributed by atoms with E-state index in [2.05, 4.69) is 79.7 Å². The maximum atomic E-state index is 13.4. The van der Waals surface area contributed by atoms with Crippen molar-refractivity contribution in [3.63, 3.8) is 0 Å². The van der Waals surface area contributed by atoms with Crippen molar-refractivity contribution in [3.8, 4) is 11.1 Å². The first-order valence-corrected chi connectivity index (χ1v) is 12.7. The minimum Gasteiger partial charge on any atom is -0.331 e. The monoisotopic (exact) mass is 451 g/mol. The van der Waals surface area contributed by atoms with E-state index in [1.54, 1.807) is 9.80 Å². The van der Waals surface area contributed by atoms with E-state index in [1.807, 2.05) is 7.05 Å². The average Bonchev–Trinajstić information content (AvgIpc) is 2.89. The molecule has 1 aliphatic heterocycles. The number of likely N-dealkylation sites (tertiary alicyclic amines) is 1. The quantitative estimate of drug-likeness (QED) is 0.565. The lowest BCUT2D eigenvalue weighted by Gasteiger charge is -2.24. The number of aryl methyl sites for hydroxylation is 2. The molecule has 1 amide bonds. The van der Waals surface area contributed by atoms with Gasteiger partial charge in [0.15, 0.2) is 0 Å². The Kier molecular flexibility index (Phi) is 6.64. The van der Waals surface area contributed by atoms with Gasteiger partial charge in [-0.25, -0.2) is 0 Å².